The van der Waals surface area contributed by atoms with Gasteiger partial charge in [-0.1, -0.05) is 170 Å². The number of carbonyl (C=O) groups is 5. The molecule has 6 aromatic carbocycles. The van der Waals surface area contributed by atoms with Crippen molar-refractivity contribution in [2.24, 2.45) is 11.7 Å². The number of Topliss-reactive ketones (excluding diaryl/α,β-unsaturated/α-hetero) is 1. The van der Waals surface area contributed by atoms with Crippen LogP contribution in [0.2, 0.25) is 0 Å². The Labute approximate surface area is 465 Å². The number of rotatable bonds is 16. The maximum absolute atomic E-state index is 14.0. The molecule has 14 nitrogen and oxygen atoms in total. The topological polar surface area (TPSA) is 183 Å². The second kappa shape index (κ2) is 26.8. The van der Waals surface area contributed by atoms with Gasteiger partial charge in [0, 0.05) is 51.7 Å². The number of nitrogens with zero attached hydrogens (tertiary/aromatic N) is 4. The molecule has 416 valence electrons. The second-order valence-electron chi connectivity index (χ2n) is 22.6. The van der Waals surface area contributed by atoms with E-state index in [4.69, 9.17) is 15.2 Å². The SMILES string of the molecule is CC(=O)C[C@@H](Cc1cccc(-c2ccccc2)c1)[C@H](O)[C@H]1C(=O)N(Cc2ccccc2)CCN1C(=O)OC(C)(C)C.CC(C)(C)OC(=O)N1CCN(Cc2ccccc2)C(=O)[C@@H]1[C@@H](O)[C@@H](N)Cc1cccc(-c2ccccc2)c1. The lowest BCUT2D eigenvalue weighted by Crippen LogP contribution is -2.65. The third kappa shape index (κ3) is 16.7. The molecular formula is C65H77N5O9. The van der Waals surface area contributed by atoms with E-state index in [1.54, 1.807) is 51.3 Å². The van der Waals surface area contributed by atoms with Gasteiger partial charge >= 0.3 is 12.2 Å². The molecule has 0 aliphatic carbocycles. The minimum Gasteiger partial charge on any atom is -0.444 e. The smallest absolute Gasteiger partial charge is 0.411 e. The van der Waals surface area contributed by atoms with Gasteiger partial charge in [-0.05, 0) is 112 Å². The average molecular weight is 1070 g/mol. The quantitative estimate of drug-likeness (QED) is 0.0844. The summed E-state index contributed by atoms with van der Waals surface area (Å²) >= 11 is 0. The van der Waals surface area contributed by atoms with Crippen molar-refractivity contribution in [1.82, 2.24) is 19.6 Å². The average Bonchev–Trinajstić information content (AvgIpc) is 3.46. The van der Waals surface area contributed by atoms with E-state index >= 15 is 0 Å². The summed E-state index contributed by atoms with van der Waals surface area (Å²) in [6.07, 6.45) is -3.07. The minimum atomic E-state index is -1.28. The van der Waals surface area contributed by atoms with Gasteiger partial charge in [0.25, 0.3) is 0 Å². The van der Waals surface area contributed by atoms with Crippen molar-refractivity contribution in [3.63, 3.8) is 0 Å². The summed E-state index contributed by atoms with van der Waals surface area (Å²) in [6, 6.07) is 52.1. The standard InChI is InChI=1S/C34H40N2O5.C31H37N3O4/c1-24(37)20-29(22-26-14-11-17-28(21-26)27-15-9-6-10-16-27)31(38)30-32(39)35(23-25-12-7-5-8-13-25)18-19-36(30)33(40)41-34(2,3)4;1-31(2,3)38-30(37)34-18-17-33(21-22-11-6-4-7-12-22)29(36)27(34)28(35)26(32)20-23-13-10-16-25(19-23)24-14-8-5-9-15-24/h5-17,21,29-31,38H,18-20,22-23H2,1-4H3;4-16,19,26-28,35H,17-18,20-21,32H2,1-3H3/t29-,30-,31-;26-,27-,28-/m00/s1. The Bertz CT molecular complexity index is 2970. The predicted molar refractivity (Wildman–Crippen MR) is 307 cm³/mol. The fraction of sp³-hybridized carbons (Fsp3) is 0.369. The number of nitrogens with two attached hydrogens (primary N) is 1. The predicted octanol–water partition coefficient (Wildman–Crippen LogP) is 9.73. The van der Waals surface area contributed by atoms with E-state index in [2.05, 4.69) is 0 Å². The van der Waals surface area contributed by atoms with Gasteiger partial charge in [0.2, 0.25) is 11.8 Å². The number of piperazine rings is 2. The molecule has 79 heavy (non-hydrogen) atoms. The summed E-state index contributed by atoms with van der Waals surface area (Å²) in [5.74, 6) is -1.38. The third-order valence-corrected chi connectivity index (χ3v) is 13.9. The summed E-state index contributed by atoms with van der Waals surface area (Å²) in [7, 11) is 0. The van der Waals surface area contributed by atoms with Crippen molar-refractivity contribution in [2.45, 2.75) is 122 Å². The van der Waals surface area contributed by atoms with Crippen LogP contribution in [0.3, 0.4) is 0 Å². The molecule has 4 N–H and O–H groups in total. The molecule has 0 unspecified atom stereocenters. The van der Waals surface area contributed by atoms with Crippen LogP contribution in [-0.2, 0) is 49.8 Å². The lowest BCUT2D eigenvalue weighted by Gasteiger charge is -2.44. The molecule has 0 bridgehead atoms. The van der Waals surface area contributed by atoms with Crippen LogP contribution in [0.1, 0.15) is 77.1 Å². The van der Waals surface area contributed by atoms with E-state index in [9.17, 15) is 34.2 Å². The highest BCUT2D eigenvalue weighted by molar-refractivity contribution is 5.89. The Hall–Kier alpha value is -7.65. The zero-order valence-corrected chi connectivity index (χ0v) is 46.6. The van der Waals surface area contributed by atoms with Crippen LogP contribution in [0.15, 0.2) is 170 Å². The monoisotopic (exact) mass is 1070 g/mol. The molecule has 2 saturated heterocycles. The van der Waals surface area contributed by atoms with Crippen molar-refractivity contribution in [1.29, 1.82) is 0 Å². The lowest BCUT2D eigenvalue weighted by atomic mass is 9.84. The molecule has 2 aliphatic rings. The fourth-order valence-electron chi connectivity index (χ4n) is 10.1. The maximum atomic E-state index is 14.0. The van der Waals surface area contributed by atoms with Gasteiger partial charge in [-0.15, -0.1) is 0 Å². The first kappa shape index (κ1) is 59.0. The summed E-state index contributed by atoms with van der Waals surface area (Å²) in [5.41, 5.74) is 13.0. The van der Waals surface area contributed by atoms with E-state index in [-0.39, 0.29) is 37.1 Å². The molecule has 2 aliphatic heterocycles. The van der Waals surface area contributed by atoms with Crippen LogP contribution < -0.4 is 5.73 Å². The van der Waals surface area contributed by atoms with Gasteiger partial charge in [0.1, 0.15) is 29.1 Å². The first-order valence-electron chi connectivity index (χ1n) is 27.2. The number of ether oxygens (including phenoxy) is 2. The second-order valence-corrected chi connectivity index (χ2v) is 22.6. The van der Waals surface area contributed by atoms with Gasteiger partial charge < -0.3 is 40.0 Å². The molecule has 6 atom stereocenters. The fourth-order valence-corrected chi connectivity index (χ4v) is 10.1. The molecule has 2 heterocycles. The summed E-state index contributed by atoms with van der Waals surface area (Å²) in [5, 5.41) is 23.3. The van der Waals surface area contributed by atoms with Crippen LogP contribution in [0, 0.1) is 5.92 Å². The highest BCUT2D eigenvalue weighted by atomic mass is 16.6. The number of aliphatic hydroxyl groups is 2. The van der Waals surface area contributed by atoms with Crippen LogP contribution in [0.5, 0.6) is 0 Å². The number of ketones is 1. The minimum absolute atomic E-state index is 0.0708. The molecule has 14 heteroatoms. The van der Waals surface area contributed by atoms with Crippen molar-refractivity contribution in [3.8, 4) is 22.3 Å². The van der Waals surface area contributed by atoms with E-state index < -0.39 is 59.6 Å². The van der Waals surface area contributed by atoms with Crippen LogP contribution in [-0.4, -0.2) is 127 Å². The number of hydrogen-bond donors (Lipinski definition) is 3. The van der Waals surface area contributed by atoms with Crippen LogP contribution in [0.25, 0.3) is 22.3 Å². The maximum Gasteiger partial charge on any atom is 0.411 e. The van der Waals surface area contributed by atoms with E-state index in [1.807, 2.05) is 170 Å². The van der Waals surface area contributed by atoms with Crippen molar-refractivity contribution in [2.75, 3.05) is 26.2 Å². The molecule has 2 fully saturated rings. The Morgan fingerprint density at radius 3 is 1.25 bits per heavy atom. The Morgan fingerprint density at radius 2 is 0.861 bits per heavy atom. The molecule has 8 rings (SSSR count). The third-order valence-electron chi connectivity index (χ3n) is 13.9. The molecule has 0 spiro atoms. The van der Waals surface area contributed by atoms with Gasteiger partial charge in [-0.25, -0.2) is 9.59 Å². The van der Waals surface area contributed by atoms with Gasteiger partial charge in [0.15, 0.2) is 0 Å². The first-order valence-corrected chi connectivity index (χ1v) is 27.2. The number of benzene rings is 6. The highest BCUT2D eigenvalue weighted by Gasteiger charge is 2.47. The summed E-state index contributed by atoms with van der Waals surface area (Å²) in [4.78, 5) is 72.5. The highest BCUT2D eigenvalue weighted by Crippen LogP contribution is 2.30. The lowest BCUT2D eigenvalue weighted by molar-refractivity contribution is -0.150. The van der Waals surface area contributed by atoms with Crippen molar-refractivity contribution in [3.05, 3.63) is 192 Å². The van der Waals surface area contributed by atoms with Crippen LogP contribution >= 0.6 is 0 Å². The molecule has 0 radical (unpaired) electrons. The number of hydrogen-bond acceptors (Lipinski definition) is 10. The largest absolute Gasteiger partial charge is 0.444 e. The van der Waals surface area contributed by atoms with Gasteiger partial charge in [-0.2, -0.15) is 0 Å². The van der Waals surface area contributed by atoms with E-state index in [0.717, 1.165) is 44.5 Å². The Balaban J connectivity index is 0.000000229. The molecular weight excluding hydrogens is 995 g/mol. The van der Waals surface area contributed by atoms with Gasteiger partial charge in [-0.3, -0.25) is 19.4 Å². The summed E-state index contributed by atoms with van der Waals surface area (Å²) in [6.45, 7) is 14.0. The zero-order valence-electron chi connectivity index (χ0n) is 46.6. The first-order chi connectivity index (χ1) is 37.6. The van der Waals surface area contributed by atoms with Crippen molar-refractivity contribution < 1.29 is 43.7 Å². The number of carbonyl (C=O) groups excluding carboxylic acids is 5. The van der Waals surface area contributed by atoms with Crippen LogP contribution in [0.4, 0.5) is 9.59 Å². The van der Waals surface area contributed by atoms with Crippen molar-refractivity contribution >= 4 is 29.8 Å². The van der Waals surface area contributed by atoms with Gasteiger partial charge in [0.05, 0.1) is 12.2 Å². The number of amides is 4. The van der Waals surface area contributed by atoms with E-state index in [1.165, 1.54) is 16.7 Å². The molecule has 0 saturated carbocycles. The Morgan fingerprint density at radius 1 is 0.506 bits per heavy atom. The van der Waals surface area contributed by atoms with E-state index in [0.29, 0.717) is 39.0 Å². The molecule has 0 aromatic heterocycles. The zero-order chi connectivity index (χ0) is 56.9. The normalized spacial score (nSPS) is 17.4. The number of aliphatic hydroxyl groups excluding tert-OH is 2. The summed E-state index contributed by atoms with van der Waals surface area (Å²) < 4.78 is 11.2. The molecule has 4 amide bonds. The Kier molecular flexibility index (Phi) is 20.0. The molecule has 6 aromatic rings.